The van der Waals surface area contributed by atoms with Crippen LogP contribution < -0.4 is 5.43 Å². The molecule has 0 saturated heterocycles. The Kier molecular flexibility index (Phi) is 5.87. The van der Waals surface area contributed by atoms with E-state index in [1.165, 1.54) is 13.4 Å². The molecule has 1 fully saturated rings. The van der Waals surface area contributed by atoms with E-state index < -0.39 is 17.8 Å². The minimum atomic E-state index is -0.781. The van der Waals surface area contributed by atoms with Crippen LogP contribution >= 0.6 is 0 Å². The number of methoxy groups -OCH3 is 1. The van der Waals surface area contributed by atoms with Crippen LogP contribution in [0.15, 0.2) is 49.9 Å². The van der Waals surface area contributed by atoms with Crippen molar-refractivity contribution >= 4 is 28.4 Å². The fourth-order valence-corrected chi connectivity index (χ4v) is 4.49. The van der Waals surface area contributed by atoms with Gasteiger partial charge < -0.3 is 13.9 Å². The molecule has 31 heavy (non-hydrogen) atoms. The number of hydrogen-bond acceptors (Lipinski definition) is 7. The van der Waals surface area contributed by atoms with Gasteiger partial charge in [0.2, 0.25) is 0 Å². The molecule has 0 N–H and O–H groups in total. The van der Waals surface area contributed by atoms with Crippen molar-refractivity contribution in [1.82, 2.24) is 0 Å². The van der Waals surface area contributed by atoms with E-state index in [1.54, 1.807) is 19.1 Å². The second-order valence-electron chi connectivity index (χ2n) is 8.03. The highest BCUT2D eigenvalue weighted by Gasteiger charge is 2.45. The number of benzene rings is 1. The number of hydrogen-bond donors (Lipinski definition) is 0. The lowest BCUT2D eigenvalue weighted by Gasteiger charge is -2.35. The number of carbonyl (C=O) groups is 2. The third-order valence-corrected chi connectivity index (χ3v) is 5.94. The van der Waals surface area contributed by atoms with Crippen LogP contribution in [0, 0.1) is 12.8 Å². The van der Waals surface area contributed by atoms with Crippen LogP contribution in [0.4, 0.5) is 0 Å². The molecular weight excluding hydrogens is 398 g/mol. The lowest BCUT2D eigenvalue weighted by atomic mass is 9.69. The van der Waals surface area contributed by atoms with Crippen LogP contribution in [0.1, 0.15) is 43.2 Å². The summed E-state index contributed by atoms with van der Waals surface area (Å²) in [5.74, 6) is -2.05. The molecule has 1 aliphatic carbocycles. The van der Waals surface area contributed by atoms with Gasteiger partial charge in [0.1, 0.15) is 18.0 Å². The van der Waals surface area contributed by atoms with Gasteiger partial charge in [-0.1, -0.05) is 11.6 Å². The van der Waals surface area contributed by atoms with E-state index in [0.29, 0.717) is 35.9 Å². The van der Waals surface area contributed by atoms with Crippen LogP contribution in [0.25, 0.3) is 11.0 Å². The van der Waals surface area contributed by atoms with E-state index in [-0.39, 0.29) is 35.6 Å². The molecule has 1 aliphatic heterocycles. The molecule has 7 heteroatoms. The number of rotatable bonds is 5. The SMILES string of the molecule is COCCOC(=O)C1=C(C)N=C2CCCC(=O)C2[C@H]1c1coc2ccc(C)cc2c1=O. The first-order valence-electron chi connectivity index (χ1n) is 10.4. The van der Waals surface area contributed by atoms with E-state index >= 15 is 0 Å². The minimum Gasteiger partial charge on any atom is -0.464 e. The number of ketones is 1. The Morgan fingerprint density at radius 3 is 2.74 bits per heavy atom. The number of esters is 1. The van der Waals surface area contributed by atoms with Gasteiger partial charge in [0, 0.05) is 36.4 Å². The largest absolute Gasteiger partial charge is 0.464 e. The molecule has 4 rings (SSSR count). The third kappa shape index (κ3) is 3.85. The highest BCUT2D eigenvalue weighted by atomic mass is 16.6. The van der Waals surface area contributed by atoms with Gasteiger partial charge in [0.25, 0.3) is 0 Å². The van der Waals surface area contributed by atoms with Crippen LogP contribution in [0.5, 0.6) is 0 Å². The van der Waals surface area contributed by atoms with Gasteiger partial charge in [-0.15, -0.1) is 0 Å². The Labute approximate surface area is 179 Å². The number of Topliss-reactive ketones (excluding diaryl/α,β-unsaturated/α-hetero) is 1. The van der Waals surface area contributed by atoms with E-state index in [2.05, 4.69) is 4.99 Å². The second kappa shape index (κ2) is 8.59. The summed E-state index contributed by atoms with van der Waals surface area (Å²) in [5.41, 5.74) is 2.84. The number of nitrogens with zero attached hydrogens (tertiary/aromatic N) is 1. The Hall–Kier alpha value is -3.06. The van der Waals surface area contributed by atoms with Gasteiger partial charge in [0.05, 0.1) is 29.7 Å². The summed E-state index contributed by atoms with van der Waals surface area (Å²) >= 11 is 0. The number of aryl methyl sites for hydroxylation is 1. The summed E-state index contributed by atoms with van der Waals surface area (Å²) in [6.07, 6.45) is 3.15. The van der Waals surface area contributed by atoms with Crippen molar-refractivity contribution in [2.75, 3.05) is 20.3 Å². The third-order valence-electron chi connectivity index (χ3n) is 5.94. The Balaban J connectivity index is 1.89. The highest BCUT2D eigenvalue weighted by molar-refractivity contribution is 6.11. The first-order valence-corrected chi connectivity index (χ1v) is 10.4. The molecule has 2 atom stereocenters. The zero-order valence-corrected chi connectivity index (χ0v) is 17.9. The molecule has 162 valence electrons. The van der Waals surface area contributed by atoms with Crippen LogP contribution in [0.3, 0.4) is 0 Å². The lowest BCUT2D eigenvalue weighted by Crippen LogP contribution is -2.40. The van der Waals surface area contributed by atoms with E-state index in [4.69, 9.17) is 13.9 Å². The fourth-order valence-electron chi connectivity index (χ4n) is 4.49. The van der Waals surface area contributed by atoms with Crippen LogP contribution in [-0.2, 0) is 19.1 Å². The highest BCUT2D eigenvalue weighted by Crippen LogP contribution is 2.42. The predicted octanol–water partition coefficient (Wildman–Crippen LogP) is 3.47. The zero-order valence-electron chi connectivity index (χ0n) is 17.9. The number of carbonyl (C=O) groups excluding carboxylic acids is 2. The molecule has 0 bridgehead atoms. The van der Waals surface area contributed by atoms with Gasteiger partial charge in [0.15, 0.2) is 5.43 Å². The van der Waals surface area contributed by atoms with Crippen LogP contribution in [-0.4, -0.2) is 37.8 Å². The Morgan fingerprint density at radius 2 is 1.97 bits per heavy atom. The molecule has 1 saturated carbocycles. The van der Waals surface area contributed by atoms with E-state index in [1.807, 2.05) is 13.0 Å². The summed E-state index contributed by atoms with van der Waals surface area (Å²) < 4.78 is 16.1. The molecule has 2 aromatic rings. The number of allylic oxidation sites excluding steroid dienone is 1. The smallest absolute Gasteiger partial charge is 0.336 e. The molecule has 0 spiro atoms. The lowest BCUT2D eigenvalue weighted by molar-refractivity contribution is -0.140. The topological polar surface area (TPSA) is 95.2 Å². The van der Waals surface area contributed by atoms with Crippen molar-refractivity contribution in [3.05, 3.63) is 57.1 Å². The molecule has 7 nitrogen and oxygen atoms in total. The Bertz CT molecular complexity index is 1170. The summed E-state index contributed by atoms with van der Waals surface area (Å²) in [6, 6.07) is 5.37. The maximum absolute atomic E-state index is 13.5. The van der Waals surface area contributed by atoms with Gasteiger partial charge in [-0.3, -0.25) is 14.6 Å². The molecule has 2 heterocycles. The van der Waals surface area contributed by atoms with E-state index in [9.17, 15) is 14.4 Å². The molecule has 1 aromatic heterocycles. The van der Waals surface area contributed by atoms with Gasteiger partial charge in [-0.05, 0) is 38.8 Å². The first kappa shape index (κ1) is 21.2. The number of ether oxygens (including phenoxy) is 2. The maximum atomic E-state index is 13.5. The minimum absolute atomic E-state index is 0.0200. The molecule has 0 radical (unpaired) electrons. The molecule has 2 aliphatic rings. The predicted molar refractivity (Wildman–Crippen MR) is 115 cm³/mol. The molecule has 1 aromatic carbocycles. The van der Waals surface area contributed by atoms with Gasteiger partial charge >= 0.3 is 5.97 Å². The quantitative estimate of drug-likeness (QED) is 0.540. The monoisotopic (exact) mass is 423 g/mol. The van der Waals surface area contributed by atoms with Crippen molar-refractivity contribution in [3.63, 3.8) is 0 Å². The standard InChI is InChI=1S/C24H25NO6/c1-13-7-8-19-15(11-13)23(27)16(12-31-19)21-20(24(28)30-10-9-29-3)14(2)25-17-5-4-6-18(26)22(17)21/h7-8,11-12,21-22H,4-6,9-10H2,1-3H3/t21-,22?/m0/s1. The summed E-state index contributed by atoms with van der Waals surface area (Å²) in [7, 11) is 1.52. The van der Waals surface area contributed by atoms with Gasteiger partial charge in [-0.2, -0.15) is 0 Å². The van der Waals surface area contributed by atoms with Crippen molar-refractivity contribution < 1.29 is 23.5 Å². The van der Waals surface area contributed by atoms with Crippen molar-refractivity contribution in [2.24, 2.45) is 10.9 Å². The Morgan fingerprint density at radius 1 is 1.16 bits per heavy atom. The van der Waals surface area contributed by atoms with Crippen molar-refractivity contribution in [2.45, 2.75) is 39.0 Å². The van der Waals surface area contributed by atoms with Crippen molar-refractivity contribution in [3.8, 4) is 0 Å². The van der Waals surface area contributed by atoms with E-state index in [0.717, 1.165) is 11.3 Å². The second-order valence-corrected chi connectivity index (χ2v) is 8.03. The zero-order chi connectivity index (χ0) is 22.1. The average Bonchev–Trinajstić information content (AvgIpc) is 2.74. The van der Waals surface area contributed by atoms with Gasteiger partial charge in [-0.25, -0.2) is 4.79 Å². The molecule has 0 amide bonds. The summed E-state index contributed by atoms with van der Waals surface area (Å²) in [5, 5.41) is 0.426. The number of aliphatic imine (C=N–C) groups is 1. The normalized spacial score (nSPS) is 21.1. The molecular formula is C24H25NO6. The fraction of sp³-hybridized carbons (Fsp3) is 0.417. The average molecular weight is 423 g/mol. The summed E-state index contributed by atoms with van der Waals surface area (Å²) in [6.45, 7) is 3.93. The first-order chi connectivity index (χ1) is 14.9. The summed E-state index contributed by atoms with van der Waals surface area (Å²) in [4.78, 5) is 44.1. The number of fused-ring (bicyclic) bond motifs is 2. The maximum Gasteiger partial charge on any atom is 0.336 e. The molecule has 1 unspecified atom stereocenters. The van der Waals surface area contributed by atoms with Crippen LogP contribution in [0.2, 0.25) is 0 Å². The van der Waals surface area contributed by atoms with Crippen molar-refractivity contribution in [1.29, 1.82) is 0 Å².